The second-order valence-corrected chi connectivity index (χ2v) is 3.44. The molecule has 0 saturated heterocycles. The number of benzene rings is 1. The fourth-order valence-corrected chi connectivity index (χ4v) is 1.30. The van der Waals surface area contributed by atoms with Crippen molar-refractivity contribution in [1.82, 2.24) is 5.43 Å². The van der Waals surface area contributed by atoms with Gasteiger partial charge in [-0.3, -0.25) is 10.1 Å². The van der Waals surface area contributed by atoms with Gasteiger partial charge in [-0.2, -0.15) is 5.10 Å². The Hall–Kier alpha value is -2.84. The van der Waals surface area contributed by atoms with Crippen LogP contribution in [0.15, 0.2) is 17.2 Å². The lowest BCUT2D eigenvalue weighted by atomic mass is 10.2. The van der Waals surface area contributed by atoms with Gasteiger partial charge in [0, 0.05) is 11.6 Å². The Labute approximate surface area is 114 Å². The van der Waals surface area contributed by atoms with Crippen LogP contribution in [0.2, 0.25) is 0 Å². The van der Waals surface area contributed by atoms with Crippen molar-refractivity contribution in [3.63, 3.8) is 0 Å². The third-order valence-corrected chi connectivity index (χ3v) is 2.13. The highest BCUT2D eigenvalue weighted by Gasteiger charge is 2.19. The molecule has 0 unspecified atom stereocenters. The normalized spacial score (nSPS) is 10.3. The first-order valence-corrected chi connectivity index (χ1v) is 5.50. The molecule has 1 aromatic carbocycles. The lowest BCUT2D eigenvalue weighted by Crippen LogP contribution is -2.16. The molecule has 0 bridgehead atoms. The minimum atomic E-state index is -0.778. The Balaban J connectivity index is 3.07. The molecule has 1 aromatic rings. The molecule has 0 aliphatic heterocycles. The smallest absolute Gasteiger partial charge is 0.427 e. The number of hydrogen-bond acceptors (Lipinski definition) is 7. The van der Waals surface area contributed by atoms with Crippen LogP contribution >= 0.6 is 0 Å². The molecular formula is C11H13N3O6. The van der Waals surface area contributed by atoms with Crippen molar-refractivity contribution in [2.75, 3.05) is 13.7 Å². The first-order chi connectivity index (χ1) is 9.49. The average Bonchev–Trinajstić information content (AvgIpc) is 2.41. The Morgan fingerprint density at radius 2 is 2.30 bits per heavy atom. The first kappa shape index (κ1) is 15.2. The second kappa shape index (κ2) is 6.92. The number of hydrogen-bond donors (Lipinski definition) is 2. The predicted molar refractivity (Wildman–Crippen MR) is 69.1 cm³/mol. The Morgan fingerprint density at radius 3 is 2.85 bits per heavy atom. The number of methoxy groups -OCH3 is 1. The van der Waals surface area contributed by atoms with E-state index in [1.807, 2.05) is 5.43 Å². The summed E-state index contributed by atoms with van der Waals surface area (Å²) >= 11 is 0. The van der Waals surface area contributed by atoms with Gasteiger partial charge in [0.15, 0.2) is 5.75 Å². The van der Waals surface area contributed by atoms with E-state index in [2.05, 4.69) is 9.84 Å². The summed E-state index contributed by atoms with van der Waals surface area (Å²) in [6.07, 6.45) is 0.380. The number of carbonyl (C=O) groups excluding carboxylic acids is 1. The van der Waals surface area contributed by atoms with Crippen LogP contribution in [-0.4, -0.2) is 36.1 Å². The van der Waals surface area contributed by atoms with Crippen molar-refractivity contribution in [3.05, 3.63) is 27.8 Å². The summed E-state index contributed by atoms with van der Waals surface area (Å²) in [7, 11) is 1.17. The molecule has 1 rings (SSSR count). The summed E-state index contributed by atoms with van der Waals surface area (Å²) in [6.45, 7) is 1.90. The van der Waals surface area contributed by atoms with Crippen LogP contribution < -0.4 is 10.2 Å². The van der Waals surface area contributed by atoms with Crippen LogP contribution in [0.5, 0.6) is 11.5 Å². The number of aromatic hydroxyl groups is 1. The van der Waals surface area contributed by atoms with E-state index in [-0.39, 0.29) is 17.9 Å². The van der Waals surface area contributed by atoms with E-state index >= 15 is 0 Å². The SMILES string of the molecule is CCOc1cc(/C=N\NC(=O)OC)cc([N+](=O)[O-])c1O. The summed E-state index contributed by atoms with van der Waals surface area (Å²) in [6, 6.07) is 2.45. The number of nitro benzene ring substituents is 1. The second-order valence-electron chi connectivity index (χ2n) is 3.44. The van der Waals surface area contributed by atoms with Crippen LogP contribution in [0.3, 0.4) is 0 Å². The van der Waals surface area contributed by atoms with Crippen LogP contribution in [-0.2, 0) is 4.74 Å². The van der Waals surface area contributed by atoms with E-state index in [9.17, 15) is 20.0 Å². The number of rotatable bonds is 5. The fourth-order valence-electron chi connectivity index (χ4n) is 1.30. The number of phenols is 1. The van der Waals surface area contributed by atoms with E-state index in [1.165, 1.54) is 13.2 Å². The molecule has 9 heteroatoms. The maximum atomic E-state index is 10.8. The zero-order chi connectivity index (χ0) is 15.1. The Kier molecular flexibility index (Phi) is 5.27. The van der Waals surface area contributed by atoms with Crippen molar-refractivity contribution in [2.45, 2.75) is 6.92 Å². The predicted octanol–water partition coefficient (Wildman–Crippen LogP) is 1.39. The molecule has 0 aromatic heterocycles. The van der Waals surface area contributed by atoms with Gasteiger partial charge in [-0.25, -0.2) is 10.2 Å². The van der Waals surface area contributed by atoms with Crippen LogP contribution in [0.25, 0.3) is 0 Å². The van der Waals surface area contributed by atoms with Gasteiger partial charge in [0.2, 0.25) is 5.75 Å². The monoisotopic (exact) mass is 283 g/mol. The lowest BCUT2D eigenvalue weighted by Gasteiger charge is -2.07. The van der Waals surface area contributed by atoms with E-state index in [4.69, 9.17) is 4.74 Å². The van der Waals surface area contributed by atoms with Crippen molar-refractivity contribution in [2.24, 2.45) is 5.10 Å². The van der Waals surface area contributed by atoms with E-state index in [0.717, 1.165) is 12.3 Å². The molecule has 0 aliphatic rings. The zero-order valence-corrected chi connectivity index (χ0v) is 10.8. The molecule has 1 amide bonds. The van der Waals surface area contributed by atoms with E-state index in [0.29, 0.717) is 0 Å². The summed E-state index contributed by atoms with van der Waals surface area (Å²) in [4.78, 5) is 20.8. The third kappa shape index (κ3) is 3.83. The van der Waals surface area contributed by atoms with Crippen LogP contribution in [0, 0.1) is 10.1 Å². The zero-order valence-electron chi connectivity index (χ0n) is 10.8. The largest absolute Gasteiger partial charge is 0.500 e. The van der Waals surface area contributed by atoms with E-state index < -0.39 is 22.5 Å². The Bertz CT molecular complexity index is 543. The van der Waals surface area contributed by atoms with Crippen molar-refractivity contribution < 1.29 is 24.3 Å². The molecule has 0 spiro atoms. The highest BCUT2D eigenvalue weighted by molar-refractivity contribution is 5.84. The minimum absolute atomic E-state index is 0.0405. The summed E-state index contributed by atoms with van der Waals surface area (Å²) in [5.41, 5.74) is 1.79. The van der Waals surface area contributed by atoms with Gasteiger partial charge in [-0.15, -0.1) is 0 Å². The molecule has 0 saturated carbocycles. The van der Waals surface area contributed by atoms with Gasteiger partial charge in [-0.1, -0.05) is 0 Å². The number of nitrogens with one attached hydrogen (secondary N) is 1. The van der Waals surface area contributed by atoms with Gasteiger partial charge >= 0.3 is 11.8 Å². The lowest BCUT2D eigenvalue weighted by molar-refractivity contribution is -0.386. The molecular weight excluding hydrogens is 270 g/mol. The number of phenolic OH excluding ortho intramolecular Hbond substituents is 1. The average molecular weight is 283 g/mol. The number of carbonyl (C=O) groups is 1. The van der Waals surface area contributed by atoms with E-state index in [1.54, 1.807) is 6.92 Å². The number of hydrazone groups is 1. The molecule has 9 nitrogen and oxygen atoms in total. The topological polar surface area (TPSA) is 123 Å². The van der Waals surface area contributed by atoms with Gasteiger partial charge in [-0.05, 0) is 13.0 Å². The summed E-state index contributed by atoms with van der Waals surface area (Å²) in [5.74, 6) is -0.601. The summed E-state index contributed by atoms with van der Waals surface area (Å²) < 4.78 is 9.38. The third-order valence-electron chi connectivity index (χ3n) is 2.13. The number of nitrogens with zero attached hydrogens (tertiary/aromatic N) is 2. The van der Waals surface area contributed by atoms with Crippen LogP contribution in [0.4, 0.5) is 10.5 Å². The van der Waals surface area contributed by atoms with Gasteiger partial charge in [0.05, 0.1) is 24.9 Å². The number of amides is 1. The molecule has 0 fully saturated rings. The maximum absolute atomic E-state index is 10.8. The molecule has 20 heavy (non-hydrogen) atoms. The standard InChI is InChI=1S/C11H13N3O6/c1-3-20-9-5-7(6-12-13-11(16)19-2)4-8(10(9)15)14(17)18/h4-6,15H,3H2,1-2H3,(H,13,16)/b12-6-. The highest BCUT2D eigenvalue weighted by atomic mass is 16.6. The first-order valence-electron chi connectivity index (χ1n) is 5.50. The maximum Gasteiger partial charge on any atom is 0.427 e. The minimum Gasteiger partial charge on any atom is -0.500 e. The van der Waals surface area contributed by atoms with Crippen molar-refractivity contribution in [3.8, 4) is 11.5 Å². The number of ether oxygens (including phenoxy) is 2. The molecule has 2 N–H and O–H groups in total. The quantitative estimate of drug-likeness (QED) is 0.478. The summed E-state index contributed by atoms with van der Waals surface area (Å²) in [5, 5.41) is 24.0. The van der Waals surface area contributed by atoms with Crippen molar-refractivity contribution >= 4 is 18.0 Å². The van der Waals surface area contributed by atoms with Crippen LogP contribution in [0.1, 0.15) is 12.5 Å². The Morgan fingerprint density at radius 1 is 1.60 bits per heavy atom. The number of nitro groups is 1. The molecule has 0 aliphatic carbocycles. The van der Waals surface area contributed by atoms with Gasteiger partial charge in [0.1, 0.15) is 0 Å². The molecule has 0 heterocycles. The van der Waals surface area contributed by atoms with Gasteiger partial charge in [0.25, 0.3) is 0 Å². The molecule has 108 valence electrons. The van der Waals surface area contributed by atoms with Crippen molar-refractivity contribution in [1.29, 1.82) is 0 Å². The fraction of sp³-hybridized carbons (Fsp3) is 0.273. The molecule has 0 atom stereocenters. The highest BCUT2D eigenvalue weighted by Crippen LogP contribution is 2.36. The molecule has 0 radical (unpaired) electrons. The van der Waals surface area contributed by atoms with Gasteiger partial charge < -0.3 is 14.6 Å².